The predicted octanol–water partition coefficient (Wildman–Crippen LogP) is 2.73. The quantitative estimate of drug-likeness (QED) is 0.811. The first kappa shape index (κ1) is 19.5. The second kappa shape index (κ2) is 9.63. The fourth-order valence-electron chi connectivity index (χ4n) is 2.84. The molecule has 0 spiro atoms. The number of amides is 2. The molecular weight excluding hydrogens is 342 g/mol. The Balaban J connectivity index is 1.70. The lowest BCUT2D eigenvalue weighted by Crippen LogP contribution is -2.48. The van der Waals surface area contributed by atoms with Crippen LogP contribution in [0.3, 0.4) is 0 Å². The van der Waals surface area contributed by atoms with Crippen LogP contribution in [-0.4, -0.2) is 49.2 Å². The van der Waals surface area contributed by atoms with Crippen molar-refractivity contribution >= 4 is 23.6 Å². The number of carbonyl (C=O) groups is 2. The van der Waals surface area contributed by atoms with E-state index in [1.54, 1.807) is 11.8 Å². The first-order chi connectivity index (χ1) is 12.0. The van der Waals surface area contributed by atoms with E-state index in [0.29, 0.717) is 24.7 Å². The Morgan fingerprint density at radius 3 is 2.72 bits per heavy atom. The Bertz CT molecular complexity index is 589. The van der Waals surface area contributed by atoms with Crippen LogP contribution in [0.5, 0.6) is 0 Å². The number of likely N-dealkylation sites (tertiary alicyclic amines) is 1. The van der Waals surface area contributed by atoms with E-state index in [4.69, 9.17) is 16.3 Å². The topological polar surface area (TPSA) is 70.7 Å². The summed E-state index contributed by atoms with van der Waals surface area (Å²) >= 11 is 5.99. The molecule has 1 aliphatic rings. The standard InChI is InChI=1S/C18H26ClN3O3/c1-3-25-18(24)22-9-7-16(8-10-22)21-17(23)12-20-13(2)14-5-4-6-15(19)11-14/h4-6,11,13,16,20H,3,7-10,12H2,1-2H3,(H,21,23)/t13-/m1/s1. The molecule has 0 unspecified atom stereocenters. The van der Waals surface area contributed by atoms with Crippen molar-refractivity contribution in [2.24, 2.45) is 0 Å². The minimum absolute atomic E-state index is 0.0371. The lowest BCUT2D eigenvalue weighted by Gasteiger charge is -2.31. The first-order valence-corrected chi connectivity index (χ1v) is 9.07. The molecule has 1 aliphatic heterocycles. The van der Waals surface area contributed by atoms with Gasteiger partial charge in [-0.3, -0.25) is 4.79 Å². The van der Waals surface area contributed by atoms with Gasteiger partial charge in [0.05, 0.1) is 13.2 Å². The first-order valence-electron chi connectivity index (χ1n) is 8.69. The molecule has 0 radical (unpaired) electrons. The molecule has 6 nitrogen and oxygen atoms in total. The molecule has 0 aromatic heterocycles. The van der Waals surface area contributed by atoms with Crippen LogP contribution in [0.15, 0.2) is 24.3 Å². The van der Waals surface area contributed by atoms with E-state index >= 15 is 0 Å². The van der Waals surface area contributed by atoms with Crippen LogP contribution in [0.2, 0.25) is 5.02 Å². The number of piperidine rings is 1. The molecule has 1 saturated heterocycles. The Morgan fingerprint density at radius 1 is 1.36 bits per heavy atom. The van der Waals surface area contributed by atoms with Crippen molar-refractivity contribution in [3.63, 3.8) is 0 Å². The van der Waals surface area contributed by atoms with Crippen molar-refractivity contribution in [1.82, 2.24) is 15.5 Å². The van der Waals surface area contributed by atoms with E-state index in [9.17, 15) is 9.59 Å². The smallest absolute Gasteiger partial charge is 0.409 e. The highest BCUT2D eigenvalue weighted by Gasteiger charge is 2.24. The number of hydrogen-bond acceptors (Lipinski definition) is 4. The third kappa shape index (κ3) is 6.21. The van der Waals surface area contributed by atoms with Crippen molar-refractivity contribution in [2.75, 3.05) is 26.2 Å². The van der Waals surface area contributed by atoms with E-state index < -0.39 is 0 Å². The molecule has 138 valence electrons. The van der Waals surface area contributed by atoms with Crippen molar-refractivity contribution in [1.29, 1.82) is 0 Å². The van der Waals surface area contributed by atoms with Crippen LogP contribution in [0.25, 0.3) is 0 Å². The molecule has 0 saturated carbocycles. The predicted molar refractivity (Wildman–Crippen MR) is 97.6 cm³/mol. The maximum Gasteiger partial charge on any atom is 0.409 e. The number of nitrogens with one attached hydrogen (secondary N) is 2. The monoisotopic (exact) mass is 367 g/mol. The molecule has 2 amide bonds. The van der Waals surface area contributed by atoms with Crippen molar-refractivity contribution < 1.29 is 14.3 Å². The maximum absolute atomic E-state index is 12.1. The van der Waals surface area contributed by atoms with Gasteiger partial charge in [0.25, 0.3) is 0 Å². The number of rotatable bonds is 6. The summed E-state index contributed by atoms with van der Waals surface area (Å²) in [6, 6.07) is 7.73. The number of halogens is 1. The highest BCUT2D eigenvalue weighted by molar-refractivity contribution is 6.30. The minimum Gasteiger partial charge on any atom is -0.450 e. The Labute approximate surface area is 153 Å². The molecular formula is C18H26ClN3O3. The number of hydrogen-bond donors (Lipinski definition) is 2. The average molecular weight is 368 g/mol. The van der Waals surface area contributed by atoms with Crippen molar-refractivity contribution in [2.45, 2.75) is 38.8 Å². The van der Waals surface area contributed by atoms with Crippen LogP contribution in [0.4, 0.5) is 4.79 Å². The van der Waals surface area contributed by atoms with Gasteiger partial charge < -0.3 is 20.3 Å². The van der Waals surface area contributed by atoms with E-state index in [-0.39, 0.29) is 30.6 Å². The number of ether oxygens (including phenoxy) is 1. The fourth-order valence-corrected chi connectivity index (χ4v) is 3.04. The number of nitrogens with zero attached hydrogens (tertiary/aromatic N) is 1. The third-order valence-electron chi connectivity index (χ3n) is 4.30. The number of carbonyl (C=O) groups excluding carboxylic acids is 2. The fraction of sp³-hybridized carbons (Fsp3) is 0.556. The molecule has 7 heteroatoms. The molecule has 1 heterocycles. The van der Waals surface area contributed by atoms with Gasteiger partial charge in [0, 0.05) is 30.2 Å². The molecule has 1 fully saturated rings. The van der Waals surface area contributed by atoms with Gasteiger partial charge in [0.1, 0.15) is 0 Å². The van der Waals surface area contributed by atoms with Gasteiger partial charge >= 0.3 is 6.09 Å². The lowest BCUT2D eigenvalue weighted by atomic mass is 10.1. The third-order valence-corrected chi connectivity index (χ3v) is 4.54. The highest BCUT2D eigenvalue weighted by atomic mass is 35.5. The second-order valence-corrected chi connectivity index (χ2v) is 6.62. The van der Waals surface area contributed by atoms with E-state index in [1.807, 2.05) is 31.2 Å². The summed E-state index contributed by atoms with van der Waals surface area (Å²) in [5.74, 6) is -0.0385. The normalized spacial score (nSPS) is 16.4. The summed E-state index contributed by atoms with van der Waals surface area (Å²) in [5, 5.41) is 6.91. The van der Waals surface area contributed by atoms with Crippen molar-refractivity contribution in [3.8, 4) is 0 Å². The summed E-state index contributed by atoms with van der Waals surface area (Å²) in [6.45, 7) is 5.63. The van der Waals surface area contributed by atoms with Crippen LogP contribution < -0.4 is 10.6 Å². The van der Waals surface area contributed by atoms with E-state index in [2.05, 4.69) is 10.6 Å². The summed E-state index contributed by atoms with van der Waals surface area (Å²) in [4.78, 5) is 25.5. The summed E-state index contributed by atoms with van der Waals surface area (Å²) in [7, 11) is 0. The van der Waals surface area contributed by atoms with Gasteiger partial charge in [0.15, 0.2) is 0 Å². The van der Waals surface area contributed by atoms with Crippen LogP contribution in [-0.2, 0) is 9.53 Å². The molecule has 2 N–H and O–H groups in total. The largest absolute Gasteiger partial charge is 0.450 e. The van der Waals surface area contributed by atoms with Gasteiger partial charge in [-0.2, -0.15) is 0 Å². The molecule has 25 heavy (non-hydrogen) atoms. The van der Waals surface area contributed by atoms with Gasteiger partial charge in [-0.25, -0.2) is 4.79 Å². The van der Waals surface area contributed by atoms with Gasteiger partial charge in [-0.05, 0) is 44.4 Å². The van der Waals surface area contributed by atoms with Crippen LogP contribution in [0.1, 0.15) is 38.3 Å². The van der Waals surface area contributed by atoms with Crippen LogP contribution in [0, 0.1) is 0 Å². The molecule has 2 rings (SSSR count). The van der Waals surface area contributed by atoms with Gasteiger partial charge in [-0.1, -0.05) is 23.7 Å². The van der Waals surface area contributed by atoms with Gasteiger partial charge in [-0.15, -0.1) is 0 Å². The zero-order chi connectivity index (χ0) is 18.2. The van der Waals surface area contributed by atoms with Crippen molar-refractivity contribution in [3.05, 3.63) is 34.9 Å². The highest BCUT2D eigenvalue weighted by Crippen LogP contribution is 2.17. The summed E-state index contributed by atoms with van der Waals surface area (Å²) in [5.41, 5.74) is 1.04. The Kier molecular flexibility index (Phi) is 7.52. The van der Waals surface area contributed by atoms with Gasteiger partial charge in [0.2, 0.25) is 5.91 Å². The second-order valence-electron chi connectivity index (χ2n) is 6.19. The number of benzene rings is 1. The molecule has 1 atom stereocenters. The Hall–Kier alpha value is -1.79. The zero-order valence-corrected chi connectivity index (χ0v) is 15.5. The minimum atomic E-state index is -0.274. The zero-order valence-electron chi connectivity index (χ0n) is 14.8. The maximum atomic E-state index is 12.1. The van der Waals surface area contributed by atoms with Crippen LogP contribution >= 0.6 is 11.6 Å². The van der Waals surface area contributed by atoms with E-state index in [1.165, 1.54) is 0 Å². The molecule has 1 aromatic carbocycles. The summed E-state index contributed by atoms with van der Waals surface area (Å²) < 4.78 is 4.99. The van der Waals surface area contributed by atoms with E-state index in [0.717, 1.165) is 18.4 Å². The average Bonchev–Trinajstić information content (AvgIpc) is 2.60. The lowest BCUT2D eigenvalue weighted by molar-refractivity contribution is -0.121. The molecule has 0 bridgehead atoms. The molecule has 0 aliphatic carbocycles. The molecule has 1 aromatic rings. The SMILES string of the molecule is CCOC(=O)N1CCC(NC(=O)CN[C@H](C)c2cccc(Cl)c2)CC1. The Morgan fingerprint density at radius 2 is 2.08 bits per heavy atom. The summed E-state index contributed by atoms with van der Waals surface area (Å²) in [6.07, 6.45) is 1.22.